The van der Waals surface area contributed by atoms with Crippen LogP contribution in [0.2, 0.25) is 5.02 Å². The predicted octanol–water partition coefficient (Wildman–Crippen LogP) is 2.52. The molecule has 1 amide bonds. The zero-order valence-electron chi connectivity index (χ0n) is 13.6. The molecular weight excluding hydrogens is 360 g/mol. The molecule has 7 heteroatoms. The Labute approximate surface area is 152 Å². The molecule has 0 fully saturated rings. The summed E-state index contributed by atoms with van der Waals surface area (Å²) >= 11 is 5.84. The van der Waals surface area contributed by atoms with Gasteiger partial charge in [-0.1, -0.05) is 29.7 Å². The minimum atomic E-state index is -3.67. The first-order valence-corrected chi connectivity index (χ1v) is 9.22. The fraction of sp³-hybridized carbons (Fsp3) is 0.167. The van der Waals surface area contributed by atoms with E-state index in [0.29, 0.717) is 17.1 Å². The molecule has 0 aliphatic carbocycles. The summed E-state index contributed by atoms with van der Waals surface area (Å²) in [7, 11) is -1.99. The number of sulfonamides is 1. The van der Waals surface area contributed by atoms with E-state index in [1.807, 2.05) is 12.1 Å². The van der Waals surface area contributed by atoms with Gasteiger partial charge in [0.15, 0.2) is 0 Å². The average Bonchev–Trinajstić information content (AvgIpc) is 2.61. The molecule has 0 unspecified atom stereocenters. The van der Waals surface area contributed by atoms with Crippen LogP contribution >= 0.6 is 11.6 Å². The zero-order valence-corrected chi connectivity index (χ0v) is 15.1. The van der Waals surface area contributed by atoms with Crippen LogP contribution in [-0.2, 0) is 16.6 Å². The number of terminal acetylenes is 1. The number of halogens is 1. The van der Waals surface area contributed by atoms with Crippen LogP contribution < -0.4 is 4.72 Å². The van der Waals surface area contributed by atoms with Crippen molar-refractivity contribution in [2.75, 3.05) is 13.6 Å². The largest absolute Gasteiger partial charge is 0.337 e. The van der Waals surface area contributed by atoms with E-state index >= 15 is 0 Å². The van der Waals surface area contributed by atoms with Crippen molar-refractivity contribution < 1.29 is 13.2 Å². The Kier molecular flexibility index (Phi) is 6.21. The number of carbonyl (C=O) groups excluding carboxylic acids is 1. The fourth-order valence-corrected chi connectivity index (χ4v) is 3.21. The molecule has 0 heterocycles. The maximum absolute atomic E-state index is 12.5. The summed E-state index contributed by atoms with van der Waals surface area (Å²) in [5, 5.41) is 0.632. The van der Waals surface area contributed by atoms with Gasteiger partial charge in [-0.15, -0.1) is 6.42 Å². The van der Waals surface area contributed by atoms with E-state index in [1.165, 1.54) is 24.3 Å². The highest BCUT2D eigenvalue weighted by Gasteiger charge is 2.16. The van der Waals surface area contributed by atoms with Gasteiger partial charge in [0.25, 0.3) is 5.91 Å². The summed E-state index contributed by atoms with van der Waals surface area (Å²) in [6.45, 7) is 0.326. The second kappa shape index (κ2) is 8.17. The van der Waals surface area contributed by atoms with Crippen LogP contribution in [0.3, 0.4) is 0 Å². The lowest BCUT2D eigenvalue weighted by atomic mass is 10.1. The molecule has 0 aromatic heterocycles. The minimum absolute atomic E-state index is 0.0552. The van der Waals surface area contributed by atoms with Gasteiger partial charge >= 0.3 is 0 Å². The van der Waals surface area contributed by atoms with Crippen LogP contribution in [0.5, 0.6) is 0 Å². The molecule has 1 N–H and O–H groups in total. The number of hydrogen-bond acceptors (Lipinski definition) is 3. The van der Waals surface area contributed by atoms with E-state index in [9.17, 15) is 13.2 Å². The highest BCUT2D eigenvalue weighted by molar-refractivity contribution is 7.89. The summed E-state index contributed by atoms with van der Waals surface area (Å²) in [6, 6.07) is 12.9. The summed E-state index contributed by atoms with van der Waals surface area (Å²) in [5.74, 6) is 1.99. The maximum atomic E-state index is 12.5. The summed E-state index contributed by atoms with van der Waals surface area (Å²) in [5.41, 5.74) is 1.34. The Morgan fingerprint density at radius 2 is 1.76 bits per heavy atom. The lowest BCUT2D eigenvalue weighted by Gasteiger charge is -2.17. The molecule has 2 aromatic rings. The predicted molar refractivity (Wildman–Crippen MR) is 97.7 cm³/mol. The van der Waals surface area contributed by atoms with Crippen molar-refractivity contribution in [3.8, 4) is 12.3 Å². The Balaban J connectivity index is 2.09. The van der Waals surface area contributed by atoms with Crippen molar-refractivity contribution in [3.63, 3.8) is 0 Å². The first-order valence-electron chi connectivity index (χ1n) is 7.36. The highest BCUT2D eigenvalue weighted by atomic mass is 35.5. The van der Waals surface area contributed by atoms with Crippen LogP contribution in [0.25, 0.3) is 0 Å². The van der Waals surface area contributed by atoms with E-state index in [4.69, 9.17) is 18.0 Å². The first kappa shape index (κ1) is 19.0. The van der Waals surface area contributed by atoms with Crippen molar-refractivity contribution in [2.45, 2.75) is 11.4 Å². The van der Waals surface area contributed by atoms with Gasteiger partial charge in [0, 0.05) is 24.2 Å². The third kappa shape index (κ3) is 5.07. The van der Waals surface area contributed by atoms with E-state index in [-0.39, 0.29) is 17.3 Å². The molecule has 130 valence electrons. The molecule has 0 aliphatic rings. The van der Waals surface area contributed by atoms with Crippen molar-refractivity contribution in [2.24, 2.45) is 0 Å². The van der Waals surface area contributed by atoms with Crippen LogP contribution in [0.4, 0.5) is 0 Å². The van der Waals surface area contributed by atoms with Gasteiger partial charge in [0.05, 0.1) is 11.4 Å². The Bertz CT molecular complexity index is 885. The van der Waals surface area contributed by atoms with E-state index < -0.39 is 10.0 Å². The van der Waals surface area contributed by atoms with Gasteiger partial charge < -0.3 is 4.90 Å². The maximum Gasteiger partial charge on any atom is 0.253 e. The molecule has 0 bridgehead atoms. The molecule has 2 rings (SSSR count). The molecule has 0 aliphatic heterocycles. The molecular formula is C18H17ClN2O3S. The molecule has 0 atom stereocenters. The molecule has 0 radical (unpaired) electrons. The van der Waals surface area contributed by atoms with Crippen LogP contribution in [0, 0.1) is 12.3 Å². The van der Waals surface area contributed by atoms with Crippen LogP contribution in [0.15, 0.2) is 53.4 Å². The number of amides is 1. The van der Waals surface area contributed by atoms with Gasteiger partial charge in [-0.2, -0.15) is 4.72 Å². The van der Waals surface area contributed by atoms with E-state index in [0.717, 1.165) is 5.56 Å². The van der Waals surface area contributed by atoms with Gasteiger partial charge in [-0.25, -0.2) is 8.42 Å². The van der Waals surface area contributed by atoms with Gasteiger partial charge in [0.2, 0.25) is 10.0 Å². The zero-order chi connectivity index (χ0) is 18.4. The van der Waals surface area contributed by atoms with Crippen molar-refractivity contribution in [1.82, 2.24) is 9.62 Å². The number of hydrogen-bond donors (Lipinski definition) is 1. The standard InChI is InChI=1S/C18H17ClN2O3S/c1-3-12-20-25(23,24)17-10-6-15(7-11-17)18(22)21(2)13-14-4-8-16(19)9-5-14/h1,4-11,20H,12-13H2,2H3. The van der Waals surface area contributed by atoms with Crippen LogP contribution in [0.1, 0.15) is 15.9 Å². The molecule has 0 saturated heterocycles. The van der Waals surface area contributed by atoms with E-state index in [1.54, 1.807) is 24.1 Å². The number of rotatable bonds is 6. The summed E-state index contributed by atoms with van der Waals surface area (Å²) in [4.78, 5) is 14.1. The van der Waals surface area contributed by atoms with Gasteiger partial charge in [-0.05, 0) is 42.0 Å². The van der Waals surface area contributed by atoms with Gasteiger partial charge in [0.1, 0.15) is 0 Å². The van der Waals surface area contributed by atoms with Crippen molar-refractivity contribution >= 4 is 27.5 Å². The molecule has 0 saturated carbocycles. The topological polar surface area (TPSA) is 66.5 Å². The second-order valence-electron chi connectivity index (χ2n) is 5.34. The second-order valence-corrected chi connectivity index (χ2v) is 7.54. The smallest absolute Gasteiger partial charge is 0.253 e. The molecule has 25 heavy (non-hydrogen) atoms. The number of carbonyl (C=O) groups is 1. The van der Waals surface area contributed by atoms with Crippen molar-refractivity contribution in [3.05, 3.63) is 64.7 Å². The van der Waals surface area contributed by atoms with E-state index in [2.05, 4.69) is 10.6 Å². The Morgan fingerprint density at radius 1 is 1.16 bits per heavy atom. The number of benzene rings is 2. The number of nitrogens with zero attached hydrogens (tertiary/aromatic N) is 1. The quantitative estimate of drug-likeness (QED) is 0.788. The number of nitrogens with one attached hydrogen (secondary N) is 1. The van der Waals surface area contributed by atoms with Crippen LogP contribution in [-0.4, -0.2) is 32.8 Å². The normalized spacial score (nSPS) is 10.9. The highest BCUT2D eigenvalue weighted by Crippen LogP contribution is 2.14. The Morgan fingerprint density at radius 3 is 2.32 bits per heavy atom. The molecule has 0 spiro atoms. The lowest BCUT2D eigenvalue weighted by molar-refractivity contribution is 0.0785. The lowest BCUT2D eigenvalue weighted by Crippen LogP contribution is -2.26. The minimum Gasteiger partial charge on any atom is -0.337 e. The summed E-state index contributed by atoms with van der Waals surface area (Å²) < 4.78 is 26.2. The molecule has 5 nitrogen and oxygen atoms in total. The van der Waals surface area contributed by atoms with Crippen molar-refractivity contribution in [1.29, 1.82) is 0 Å². The fourth-order valence-electron chi connectivity index (χ4n) is 2.15. The SMILES string of the molecule is C#CCNS(=O)(=O)c1ccc(C(=O)N(C)Cc2ccc(Cl)cc2)cc1. The first-order chi connectivity index (χ1) is 11.8. The Hall–Kier alpha value is -2.33. The third-order valence-electron chi connectivity index (χ3n) is 3.46. The summed E-state index contributed by atoms with van der Waals surface area (Å²) in [6.07, 6.45) is 5.05. The average molecular weight is 377 g/mol. The monoisotopic (exact) mass is 376 g/mol. The van der Waals surface area contributed by atoms with Gasteiger partial charge in [-0.3, -0.25) is 4.79 Å². The molecule has 2 aromatic carbocycles. The third-order valence-corrected chi connectivity index (χ3v) is 5.12.